The molecule has 1 saturated heterocycles. The van der Waals surface area contributed by atoms with E-state index in [1.165, 1.54) is 6.92 Å². The van der Waals surface area contributed by atoms with Gasteiger partial charge in [0.2, 0.25) is 5.91 Å². The lowest BCUT2D eigenvalue weighted by Gasteiger charge is -2.23. The Morgan fingerprint density at radius 3 is 2.88 bits per heavy atom. The van der Waals surface area contributed by atoms with Crippen LogP contribution in [-0.2, 0) is 4.79 Å². The van der Waals surface area contributed by atoms with E-state index in [1.807, 2.05) is 12.1 Å². The predicted molar refractivity (Wildman–Crippen MR) is 65.8 cm³/mol. The number of carbonyl (C=O) groups excluding carboxylic acids is 2. The number of nitrogens with one attached hydrogen (secondary N) is 1. The van der Waals surface area contributed by atoms with Gasteiger partial charge in [0.25, 0.3) is 0 Å². The van der Waals surface area contributed by atoms with Crippen molar-refractivity contribution in [3.63, 3.8) is 0 Å². The molecule has 0 spiro atoms. The van der Waals surface area contributed by atoms with Crippen molar-refractivity contribution in [2.24, 2.45) is 0 Å². The Bertz CT molecular complexity index is 468. The molecule has 0 aliphatic carbocycles. The Labute approximate surface area is 100 Å². The smallest absolute Gasteiger partial charge is 0.220 e. The van der Waals surface area contributed by atoms with Gasteiger partial charge in [-0.2, -0.15) is 0 Å². The first-order valence-electron chi connectivity index (χ1n) is 5.75. The van der Waals surface area contributed by atoms with Crippen molar-refractivity contribution in [2.75, 3.05) is 12.3 Å². The highest BCUT2D eigenvalue weighted by Crippen LogP contribution is 2.28. The summed E-state index contributed by atoms with van der Waals surface area (Å²) < 4.78 is 0. The number of ketones is 1. The average molecular weight is 232 g/mol. The van der Waals surface area contributed by atoms with Crippen LogP contribution in [0.4, 0.5) is 5.69 Å². The Hall–Kier alpha value is -1.84. The second-order valence-electron chi connectivity index (χ2n) is 4.44. The molecule has 1 unspecified atom stereocenters. The van der Waals surface area contributed by atoms with E-state index in [9.17, 15) is 9.59 Å². The van der Waals surface area contributed by atoms with Gasteiger partial charge in [-0.1, -0.05) is 6.07 Å². The van der Waals surface area contributed by atoms with E-state index >= 15 is 0 Å². The van der Waals surface area contributed by atoms with Crippen molar-refractivity contribution < 1.29 is 9.59 Å². The minimum atomic E-state index is -0.0374. The molecule has 1 aromatic rings. The average Bonchev–Trinajstić information content (AvgIpc) is 2.29. The first kappa shape index (κ1) is 11.6. The summed E-state index contributed by atoms with van der Waals surface area (Å²) in [7, 11) is 0. The number of hydrogen-bond donors (Lipinski definition) is 2. The Morgan fingerprint density at radius 2 is 2.24 bits per heavy atom. The van der Waals surface area contributed by atoms with Crippen molar-refractivity contribution in [3.05, 3.63) is 29.3 Å². The number of anilines is 1. The minimum absolute atomic E-state index is 0.0374. The van der Waals surface area contributed by atoms with Crippen molar-refractivity contribution in [2.45, 2.75) is 25.7 Å². The number of Topliss-reactive ketones (excluding diaryl/α,β-unsaturated/α-hetero) is 1. The molecule has 0 radical (unpaired) electrons. The number of carbonyl (C=O) groups is 2. The topological polar surface area (TPSA) is 72.2 Å². The lowest BCUT2D eigenvalue weighted by Crippen LogP contribution is -2.32. The third-order valence-corrected chi connectivity index (χ3v) is 3.17. The summed E-state index contributed by atoms with van der Waals surface area (Å²) in [6, 6.07) is 5.48. The summed E-state index contributed by atoms with van der Waals surface area (Å²) in [6.45, 7) is 2.20. The van der Waals surface area contributed by atoms with Crippen LogP contribution in [0.25, 0.3) is 0 Å². The van der Waals surface area contributed by atoms with Gasteiger partial charge in [-0.3, -0.25) is 9.59 Å². The predicted octanol–water partition coefficient (Wildman–Crippen LogP) is 1.47. The fraction of sp³-hybridized carbons (Fsp3) is 0.385. The highest BCUT2D eigenvalue weighted by molar-refractivity contribution is 5.99. The molecule has 0 bridgehead atoms. The number of rotatable bonds is 2. The van der Waals surface area contributed by atoms with Gasteiger partial charge < -0.3 is 11.1 Å². The number of benzene rings is 1. The molecule has 1 aromatic carbocycles. The number of nitrogens with two attached hydrogens (primary N) is 1. The van der Waals surface area contributed by atoms with Crippen LogP contribution in [0, 0.1) is 0 Å². The van der Waals surface area contributed by atoms with Crippen LogP contribution in [0.15, 0.2) is 18.2 Å². The van der Waals surface area contributed by atoms with Crippen LogP contribution < -0.4 is 11.1 Å². The molecule has 1 atom stereocenters. The minimum Gasteiger partial charge on any atom is -0.398 e. The Morgan fingerprint density at radius 1 is 1.47 bits per heavy atom. The zero-order chi connectivity index (χ0) is 12.4. The fourth-order valence-electron chi connectivity index (χ4n) is 2.20. The molecular weight excluding hydrogens is 216 g/mol. The first-order valence-corrected chi connectivity index (χ1v) is 5.75. The summed E-state index contributed by atoms with van der Waals surface area (Å²) in [6.07, 6.45) is 1.40. The molecule has 1 fully saturated rings. The molecule has 4 heteroatoms. The maximum absolute atomic E-state index is 11.4. The van der Waals surface area contributed by atoms with Gasteiger partial charge in [-0.25, -0.2) is 0 Å². The third kappa shape index (κ3) is 2.46. The summed E-state index contributed by atoms with van der Waals surface area (Å²) in [5.41, 5.74) is 7.83. The molecule has 0 saturated carbocycles. The van der Waals surface area contributed by atoms with Crippen LogP contribution in [0.5, 0.6) is 0 Å². The van der Waals surface area contributed by atoms with E-state index < -0.39 is 0 Å². The van der Waals surface area contributed by atoms with Crippen molar-refractivity contribution in [1.29, 1.82) is 0 Å². The molecule has 90 valence electrons. The van der Waals surface area contributed by atoms with E-state index in [0.717, 1.165) is 12.0 Å². The fourth-order valence-corrected chi connectivity index (χ4v) is 2.20. The van der Waals surface area contributed by atoms with Gasteiger partial charge >= 0.3 is 0 Å². The molecule has 1 heterocycles. The lowest BCUT2D eigenvalue weighted by molar-refractivity contribution is -0.122. The molecule has 3 N–H and O–H groups in total. The van der Waals surface area contributed by atoms with Crippen LogP contribution in [0.1, 0.15) is 41.6 Å². The second-order valence-corrected chi connectivity index (χ2v) is 4.44. The van der Waals surface area contributed by atoms with Gasteiger partial charge in [0.05, 0.1) is 0 Å². The quantitative estimate of drug-likeness (QED) is 0.599. The van der Waals surface area contributed by atoms with E-state index in [2.05, 4.69) is 5.32 Å². The second kappa shape index (κ2) is 4.57. The molecule has 0 aromatic heterocycles. The highest BCUT2D eigenvalue weighted by atomic mass is 16.1. The Kier molecular flexibility index (Phi) is 3.13. The van der Waals surface area contributed by atoms with Gasteiger partial charge in [0.15, 0.2) is 5.78 Å². The normalized spacial score (nSPS) is 19.8. The monoisotopic (exact) mass is 232 g/mol. The molecule has 1 aliphatic heterocycles. The standard InChI is InChI=1S/C13H16N2O2/c1-8(16)11-6-9(2-3-12(11)14)10-4-5-15-13(17)7-10/h2-3,6,10H,4-5,7,14H2,1H3,(H,15,17). The molecular formula is C13H16N2O2. The number of hydrogen-bond acceptors (Lipinski definition) is 3. The number of nitrogen functional groups attached to an aromatic ring is 1. The summed E-state index contributed by atoms with van der Waals surface area (Å²) in [4.78, 5) is 22.7. The lowest BCUT2D eigenvalue weighted by atomic mass is 9.88. The maximum atomic E-state index is 11.4. The SMILES string of the molecule is CC(=O)c1cc(C2CCNC(=O)C2)ccc1N. The molecule has 1 aliphatic rings. The number of amides is 1. The van der Waals surface area contributed by atoms with E-state index in [-0.39, 0.29) is 17.6 Å². The van der Waals surface area contributed by atoms with Crippen LogP contribution in [0.2, 0.25) is 0 Å². The molecule has 17 heavy (non-hydrogen) atoms. The molecule has 2 rings (SSSR count). The van der Waals surface area contributed by atoms with Crippen molar-refractivity contribution in [3.8, 4) is 0 Å². The highest BCUT2D eigenvalue weighted by Gasteiger charge is 2.21. The van der Waals surface area contributed by atoms with E-state index in [1.54, 1.807) is 6.07 Å². The van der Waals surface area contributed by atoms with Crippen molar-refractivity contribution in [1.82, 2.24) is 5.32 Å². The molecule has 4 nitrogen and oxygen atoms in total. The van der Waals surface area contributed by atoms with Crippen LogP contribution in [-0.4, -0.2) is 18.2 Å². The zero-order valence-corrected chi connectivity index (χ0v) is 9.82. The van der Waals surface area contributed by atoms with Gasteiger partial charge in [0, 0.05) is 24.2 Å². The largest absolute Gasteiger partial charge is 0.398 e. The zero-order valence-electron chi connectivity index (χ0n) is 9.82. The van der Waals surface area contributed by atoms with Crippen LogP contribution in [0.3, 0.4) is 0 Å². The summed E-state index contributed by atoms with van der Waals surface area (Å²) in [5.74, 6) is 0.231. The van der Waals surface area contributed by atoms with Crippen LogP contribution >= 0.6 is 0 Å². The first-order chi connectivity index (χ1) is 8.08. The van der Waals surface area contributed by atoms with E-state index in [4.69, 9.17) is 5.73 Å². The van der Waals surface area contributed by atoms with Crippen molar-refractivity contribution >= 4 is 17.4 Å². The summed E-state index contributed by atoms with van der Waals surface area (Å²) >= 11 is 0. The molecule has 1 amide bonds. The Balaban J connectivity index is 2.29. The third-order valence-electron chi connectivity index (χ3n) is 3.17. The number of piperidine rings is 1. The van der Waals surface area contributed by atoms with Gasteiger partial charge in [-0.15, -0.1) is 0 Å². The summed E-state index contributed by atoms with van der Waals surface area (Å²) in [5, 5.41) is 2.80. The van der Waals surface area contributed by atoms with E-state index in [0.29, 0.717) is 24.2 Å². The van der Waals surface area contributed by atoms with Gasteiger partial charge in [-0.05, 0) is 37.0 Å². The van der Waals surface area contributed by atoms with Gasteiger partial charge in [0.1, 0.15) is 0 Å². The maximum Gasteiger partial charge on any atom is 0.220 e.